The molecule has 4 aromatic rings. The minimum atomic E-state index is -0.183. The average molecular weight is 384 g/mol. The molecule has 0 radical (unpaired) electrons. The lowest BCUT2D eigenvalue weighted by Crippen LogP contribution is -2.16. The van der Waals surface area contributed by atoms with Crippen molar-refractivity contribution in [1.82, 2.24) is 0 Å². The van der Waals surface area contributed by atoms with Crippen molar-refractivity contribution in [3.63, 3.8) is 0 Å². The fourth-order valence-electron chi connectivity index (χ4n) is 4.57. The largest absolute Gasteiger partial charge is 0.488 e. The van der Waals surface area contributed by atoms with Crippen LogP contribution in [-0.4, -0.2) is 0 Å². The van der Waals surface area contributed by atoms with Gasteiger partial charge in [-0.1, -0.05) is 36.4 Å². The van der Waals surface area contributed by atoms with Gasteiger partial charge >= 0.3 is 5.63 Å². The molecule has 0 amide bonds. The number of aryl methyl sites for hydroxylation is 3. The second-order valence-electron chi connectivity index (χ2n) is 7.99. The Hall–Kier alpha value is -3.07. The van der Waals surface area contributed by atoms with Crippen molar-refractivity contribution in [1.29, 1.82) is 0 Å². The van der Waals surface area contributed by atoms with E-state index in [0.717, 1.165) is 47.9 Å². The summed E-state index contributed by atoms with van der Waals surface area (Å²) >= 11 is 0. The molecule has 3 nitrogen and oxygen atoms in total. The first-order valence-electron chi connectivity index (χ1n) is 10.3. The average Bonchev–Trinajstić information content (AvgIpc) is 2.75. The van der Waals surface area contributed by atoms with Crippen LogP contribution in [0.3, 0.4) is 0 Å². The van der Waals surface area contributed by atoms with Crippen molar-refractivity contribution in [3.05, 3.63) is 86.8 Å². The molecule has 146 valence electrons. The van der Waals surface area contributed by atoms with Gasteiger partial charge in [-0.05, 0) is 73.6 Å². The maximum Gasteiger partial charge on any atom is 0.339 e. The molecule has 0 unspecified atom stereocenters. The molecular formula is C26H24O3. The molecule has 3 aromatic carbocycles. The Kier molecular flexibility index (Phi) is 4.39. The van der Waals surface area contributed by atoms with Gasteiger partial charge in [0.05, 0.1) is 0 Å². The fourth-order valence-corrected chi connectivity index (χ4v) is 4.57. The van der Waals surface area contributed by atoms with Crippen LogP contribution in [0.5, 0.6) is 5.75 Å². The van der Waals surface area contributed by atoms with Gasteiger partial charge in [-0.25, -0.2) is 4.79 Å². The standard InChI is InChI=1S/C26H24O3/c1-16-11-12-18-7-3-4-8-19(18)23(16)15-28-24-14-13-21-20-9-5-6-10-22(20)26(27)29-25(21)17(24)2/h3-4,7-8,11-14H,5-6,9-10,15H2,1-2H3. The van der Waals surface area contributed by atoms with E-state index >= 15 is 0 Å². The zero-order valence-corrected chi connectivity index (χ0v) is 16.9. The number of rotatable bonds is 3. The van der Waals surface area contributed by atoms with Crippen molar-refractivity contribution >= 4 is 21.7 Å². The molecule has 0 spiro atoms. The van der Waals surface area contributed by atoms with Crippen molar-refractivity contribution in [2.45, 2.75) is 46.1 Å². The fraction of sp³-hybridized carbons (Fsp3) is 0.269. The van der Waals surface area contributed by atoms with E-state index in [9.17, 15) is 4.79 Å². The van der Waals surface area contributed by atoms with Gasteiger partial charge in [-0.3, -0.25) is 0 Å². The van der Waals surface area contributed by atoms with Crippen molar-refractivity contribution in [2.24, 2.45) is 0 Å². The summed E-state index contributed by atoms with van der Waals surface area (Å²) in [6.45, 7) is 4.57. The van der Waals surface area contributed by atoms with E-state index in [1.807, 2.05) is 13.0 Å². The highest BCUT2D eigenvalue weighted by Gasteiger charge is 2.20. The highest BCUT2D eigenvalue weighted by atomic mass is 16.5. The molecule has 1 heterocycles. The Morgan fingerprint density at radius 3 is 2.55 bits per heavy atom. The second-order valence-corrected chi connectivity index (χ2v) is 7.99. The van der Waals surface area contributed by atoms with Gasteiger partial charge < -0.3 is 9.15 Å². The van der Waals surface area contributed by atoms with Crippen LogP contribution in [0.2, 0.25) is 0 Å². The summed E-state index contributed by atoms with van der Waals surface area (Å²) in [6.07, 6.45) is 3.97. The van der Waals surface area contributed by atoms with Gasteiger partial charge in [0.1, 0.15) is 17.9 Å². The van der Waals surface area contributed by atoms with E-state index in [2.05, 4.69) is 49.4 Å². The quantitative estimate of drug-likeness (QED) is 0.405. The number of benzene rings is 3. The summed E-state index contributed by atoms with van der Waals surface area (Å²) in [6, 6.07) is 16.7. The van der Waals surface area contributed by atoms with Gasteiger partial charge in [0.2, 0.25) is 0 Å². The Balaban J connectivity index is 1.55. The van der Waals surface area contributed by atoms with Crippen molar-refractivity contribution in [3.8, 4) is 5.75 Å². The SMILES string of the molecule is Cc1ccc2ccccc2c1COc1ccc2c3c(c(=O)oc2c1C)CCCC3. The molecule has 0 fully saturated rings. The van der Waals surface area contributed by atoms with Crippen LogP contribution in [0.1, 0.15) is 40.7 Å². The first kappa shape index (κ1) is 18.0. The van der Waals surface area contributed by atoms with Crippen LogP contribution in [0.25, 0.3) is 21.7 Å². The topological polar surface area (TPSA) is 39.4 Å². The number of hydrogen-bond acceptors (Lipinski definition) is 3. The lowest BCUT2D eigenvalue weighted by atomic mass is 9.90. The summed E-state index contributed by atoms with van der Waals surface area (Å²) in [5, 5.41) is 3.49. The maximum atomic E-state index is 12.5. The van der Waals surface area contributed by atoms with E-state index in [1.165, 1.54) is 27.5 Å². The molecule has 0 N–H and O–H groups in total. The van der Waals surface area contributed by atoms with E-state index in [4.69, 9.17) is 9.15 Å². The highest BCUT2D eigenvalue weighted by molar-refractivity contribution is 5.87. The first-order chi connectivity index (χ1) is 14.1. The third-order valence-electron chi connectivity index (χ3n) is 6.24. The van der Waals surface area contributed by atoms with Crippen LogP contribution in [0.15, 0.2) is 57.7 Å². The molecule has 0 saturated heterocycles. The minimum absolute atomic E-state index is 0.183. The number of ether oxygens (including phenoxy) is 1. The molecule has 3 heteroatoms. The van der Waals surface area contributed by atoms with E-state index in [0.29, 0.717) is 12.2 Å². The van der Waals surface area contributed by atoms with Crippen molar-refractivity contribution < 1.29 is 9.15 Å². The molecule has 0 atom stereocenters. The summed E-state index contributed by atoms with van der Waals surface area (Å²) in [5.41, 5.74) is 5.81. The van der Waals surface area contributed by atoms with Gasteiger partial charge in [0.25, 0.3) is 0 Å². The lowest BCUT2D eigenvalue weighted by Gasteiger charge is -2.18. The van der Waals surface area contributed by atoms with Crippen molar-refractivity contribution in [2.75, 3.05) is 0 Å². The normalized spacial score (nSPS) is 13.6. The first-order valence-corrected chi connectivity index (χ1v) is 10.3. The zero-order chi connectivity index (χ0) is 20.0. The number of fused-ring (bicyclic) bond motifs is 4. The maximum absolute atomic E-state index is 12.5. The Morgan fingerprint density at radius 1 is 0.897 bits per heavy atom. The van der Waals surface area contributed by atoms with Crippen LogP contribution in [0.4, 0.5) is 0 Å². The molecule has 1 aliphatic carbocycles. The third kappa shape index (κ3) is 3.02. The minimum Gasteiger partial charge on any atom is -0.488 e. The Morgan fingerprint density at radius 2 is 1.69 bits per heavy atom. The van der Waals surface area contributed by atoms with E-state index in [-0.39, 0.29) is 5.63 Å². The molecule has 29 heavy (non-hydrogen) atoms. The predicted octanol–water partition coefficient (Wildman–Crippen LogP) is 6.02. The summed E-state index contributed by atoms with van der Waals surface area (Å²) in [7, 11) is 0. The summed E-state index contributed by atoms with van der Waals surface area (Å²) < 4.78 is 12.0. The van der Waals surface area contributed by atoms with Crippen LogP contribution in [0, 0.1) is 13.8 Å². The predicted molar refractivity (Wildman–Crippen MR) is 117 cm³/mol. The smallest absolute Gasteiger partial charge is 0.339 e. The monoisotopic (exact) mass is 384 g/mol. The summed E-state index contributed by atoms with van der Waals surface area (Å²) in [4.78, 5) is 12.5. The van der Waals surface area contributed by atoms with Gasteiger partial charge in [-0.15, -0.1) is 0 Å². The number of hydrogen-bond donors (Lipinski definition) is 0. The molecule has 1 aliphatic rings. The van der Waals surface area contributed by atoms with Gasteiger partial charge in [0.15, 0.2) is 0 Å². The third-order valence-corrected chi connectivity index (χ3v) is 6.24. The Bertz CT molecular complexity index is 1300. The van der Waals surface area contributed by atoms with E-state index < -0.39 is 0 Å². The van der Waals surface area contributed by atoms with Gasteiger partial charge in [-0.2, -0.15) is 0 Å². The molecule has 0 saturated carbocycles. The van der Waals surface area contributed by atoms with E-state index in [1.54, 1.807) is 0 Å². The molecule has 1 aromatic heterocycles. The second kappa shape index (κ2) is 7.07. The van der Waals surface area contributed by atoms with Gasteiger partial charge in [0, 0.05) is 22.1 Å². The highest BCUT2D eigenvalue weighted by Crippen LogP contribution is 2.33. The van der Waals surface area contributed by atoms with Crippen LogP contribution in [-0.2, 0) is 19.4 Å². The summed E-state index contributed by atoms with van der Waals surface area (Å²) in [5.74, 6) is 0.767. The molecule has 0 bridgehead atoms. The molecule has 5 rings (SSSR count). The Labute approximate surface area is 169 Å². The molecular weight excluding hydrogens is 360 g/mol. The van der Waals surface area contributed by atoms with Crippen LogP contribution < -0.4 is 10.4 Å². The lowest BCUT2D eigenvalue weighted by molar-refractivity contribution is 0.304. The van der Waals surface area contributed by atoms with Crippen LogP contribution >= 0.6 is 0 Å². The molecule has 0 aliphatic heterocycles. The zero-order valence-electron chi connectivity index (χ0n) is 16.9.